The maximum atomic E-state index is 12.3. The van der Waals surface area contributed by atoms with Gasteiger partial charge in [-0.3, -0.25) is 4.79 Å². The molecule has 1 aromatic heterocycles. The van der Waals surface area contributed by atoms with Gasteiger partial charge in [-0.25, -0.2) is 0 Å². The van der Waals surface area contributed by atoms with Gasteiger partial charge < -0.3 is 16.2 Å². The molecule has 0 aliphatic carbocycles. The first kappa shape index (κ1) is 15.1. The fourth-order valence-corrected chi connectivity index (χ4v) is 3.22. The Bertz CT molecular complexity index is 627. The number of aliphatic hydroxyl groups is 1. The number of nitrogens with two attached hydrogens (primary N) is 1. The molecule has 0 bridgehead atoms. The summed E-state index contributed by atoms with van der Waals surface area (Å²) in [6.07, 6.45) is 1.31. The van der Waals surface area contributed by atoms with Crippen molar-refractivity contribution in [3.05, 3.63) is 28.1 Å². The van der Waals surface area contributed by atoms with E-state index in [1.807, 2.05) is 13.0 Å². The van der Waals surface area contributed by atoms with E-state index >= 15 is 0 Å². The Labute approximate surface area is 126 Å². The van der Waals surface area contributed by atoms with Crippen LogP contribution in [-0.2, 0) is 0 Å². The zero-order chi connectivity index (χ0) is 14.7. The van der Waals surface area contributed by atoms with E-state index in [1.165, 1.54) is 11.3 Å². The molecule has 108 valence electrons. The van der Waals surface area contributed by atoms with Crippen molar-refractivity contribution in [2.45, 2.75) is 25.8 Å². The van der Waals surface area contributed by atoms with Crippen LogP contribution in [0.4, 0.5) is 5.69 Å². The molecule has 6 heteroatoms. The van der Waals surface area contributed by atoms with Crippen LogP contribution >= 0.6 is 22.9 Å². The molecular weight excluding hydrogens is 296 g/mol. The van der Waals surface area contributed by atoms with Crippen molar-refractivity contribution in [2.24, 2.45) is 0 Å². The lowest BCUT2D eigenvalue weighted by molar-refractivity contribution is 0.0934. The predicted molar refractivity (Wildman–Crippen MR) is 84.5 cm³/mol. The van der Waals surface area contributed by atoms with Crippen LogP contribution < -0.4 is 11.1 Å². The summed E-state index contributed by atoms with van der Waals surface area (Å²) in [5.41, 5.74) is 6.50. The largest absolute Gasteiger partial charge is 0.397 e. The van der Waals surface area contributed by atoms with Gasteiger partial charge in [0.25, 0.3) is 5.91 Å². The molecule has 2 aromatic rings. The molecule has 1 atom stereocenters. The molecule has 0 aliphatic rings. The maximum absolute atomic E-state index is 12.3. The molecule has 2 rings (SSSR count). The quantitative estimate of drug-likeness (QED) is 0.794. The highest BCUT2D eigenvalue weighted by Crippen LogP contribution is 2.35. The highest BCUT2D eigenvalue weighted by atomic mass is 35.5. The lowest BCUT2D eigenvalue weighted by atomic mass is 10.1. The Balaban J connectivity index is 2.28. The summed E-state index contributed by atoms with van der Waals surface area (Å²) in [5.74, 6) is -0.194. The van der Waals surface area contributed by atoms with E-state index in [-0.39, 0.29) is 18.6 Å². The van der Waals surface area contributed by atoms with E-state index in [2.05, 4.69) is 5.32 Å². The van der Waals surface area contributed by atoms with E-state index in [4.69, 9.17) is 22.4 Å². The average Bonchev–Trinajstić information content (AvgIpc) is 2.75. The Hall–Kier alpha value is -1.30. The van der Waals surface area contributed by atoms with Gasteiger partial charge in [-0.2, -0.15) is 0 Å². The molecule has 0 spiro atoms. The minimum atomic E-state index is -0.194. The number of nitrogens with one attached hydrogen (secondary N) is 1. The molecule has 1 unspecified atom stereocenters. The van der Waals surface area contributed by atoms with Crippen LogP contribution in [-0.4, -0.2) is 23.7 Å². The summed E-state index contributed by atoms with van der Waals surface area (Å²) >= 11 is 7.30. The van der Waals surface area contributed by atoms with Crippen molar-refractivity contribution in [3.8, 4) is 0 Å². The fraction of sp³-hybridized carbons (Fsp3) is 0.357. The summed E-state index contributed by atoms with van der Waals surface area (Å²) in [5, 5.41) is 13.3. The Morgan fingerprint density at radius 1 is 1.55 bits per heavy atom. The lowest BCUT2D eigenvalue weighted by Gasteiger charge is -2.15. The number of rotatable bonds is 5. The molecule has 0 saturated carbocycles. The number of halogens is 1. The van der Waals surface area contributed by atoms with Gasteiger partial charge in [0.05, 0.1) is 5.69 Å². The number of aliphatic hydroxyl groups excluding tert-OH is 1. The summed E-state index contributed by atoms with van der Waals surface area (Å²) < 4.78 is 0.937. The van der Waals surface area contributed by atoms with Crippen LogP contribution in [0.15, 0.2) is 18.2 Å². The normalized spacial score (nSPS) is 12.6. The Morgan fingerprint density at radius 2 is 2.30 bits per heavy atom. The smallest absolute Gasteiger partial charge is 0.263 e. The topological polar surface area (TPSA) is 75.3 Å². The highest BCUT2D eigenvalue weighted by molar-refractivity contribution is 7.21. The number of amides is 1. The van der Waals surface area contributed by atoms with Gasteiger partial charge in [0.1, 0.15) is 4.88 Å². The summed E-state index contributed by atoms with van der Waals surface area (Å²) in [7, 11) is 0. The third-order valence-electron chi connectivity index (χ3n) is 3.20. The molecule has 0 aliphatic heterocycles. The minimum absolute atomic E-state index is 0.0410. The molecule has 0 radical (unpaired) electrons. The molecule has 1 aromatic carbocycles. The van der Waals surface area contributed by atoms with Gasteiger partial charge in [-0.05, 0) is 31.0 Å². The molecule has 0 saturated heterocycles. The number of carbonyl (C=O) groups is 1. The first-order valence-electron chi connectivity index (χ1n) is 6.46. The van der Waals surface area contributed by atoms with Gasteiger partial charge in [-0.15, -0.1) is 11.3 Å². The van der Waals surface area contributed by atoms with Crippen LogP contribution in [0.2, 0.25) is 5.02 Å². The minimum Gasteiger partial charge on any atom is -0.397 e. The molecule has 0 fully saturated rings. The van der Waals surface area contributed by atoms with Gasteiger partial charge in [-0.1, -0.05) is 18.5 Å². The van der Waals surface area contributed by atoms with Crippen LogP contribution in [0.25, 0.3) is 10.1 Å². The van der Waals surface area contributed by atoms with E-state index in [9.17, 15) is 4.79 Å². The highest BCUT2D eigenvalue weighted by Gasteiger charge is 2.18. The van der Waals surface area contributed by atoms with Crippen molar-refractivity contribution in [3.63, 3.8) is 0 Å². The number of fused-ring (bicyclic) bond motifs is 1. The van der Waals surface area contributed by atoms with Crippen molar-refractivity contribution in [2.75, 3.05) is 12.3 Å². The Morgan fingerprint density at radius 3 is 2.95 bits per heavy atom. The summed E-state index contributed by atoms with van der Waals surface area (Å²) in [4.78, 5) is 12.8. The van der Waals surface area contributed by atoms with Crippen LogP contribution in [0, 0.1) is 0 Å². The SMILES string of the molecule is CCC(CCO)NC(=O)c1sc2ccc(Cl)cc2c1N. The monoisotopic (exact) mass is 312 g/mol. The second kappa shape index (κ2) is 6.43. The van der Waals surface area contributed by atoms with E-state index in [0.717, 1.165) is 16.5 Å². The molecular formula is C14H17ClN2O2S. The van der Waals surface area contributed by atoms with Crippen LogP contribution in [0.3, 0.4) is 0 Å². The average molecular weight is 313 g/mol. The second-order valence-corrected chi connectivity index (χ2v) is 6.06. The first-order chi connectivity index (χ1) is 9.56. The van der Waals surface area contributed by atoms with Crippen LogP contribution in [0.5, 0.6) is 0 Å². The molecule has 1 amide bonds. The zero-order valence-electron chi connectivity index (χ0n) is 11.1. The van der Waals surface area contributed by atoms with Gasteiger partial charge >= 0.3 is 0 Å². The van der Waals surface area contributed by atoms with Gasteiger partial charge in [0, 0.05) is 27.8 Å². The molecule has 1 heterocycles. The third-order valence-corrected chi connectivity index (χ3v) is 4.62. The Kier molecular flexibility index (Phi) is 4.86. The number of hydrogen-bond acceptors (Lipinski definition) is 4. The number of hydrogen-bond donors (Lipinski definition) is 3. The number of benzene rings is 1. The second-order valence-electron chi connectivity index (χ2n) is 4.58. The van der Waals surface area contributed by atoms with E-state index in [1.54, 1.807) is 12.1 Å². The maximum Gasteiger partial charge on any atom is 0.263 e. The number of thiophene rings is 1. The van der Waals surface area contributed by atoms with Gasteiger partial charge in [0.15, 0.2) is 0 Å². The number of carbonyl (C=O) groups excluding carboxylic acids is 1. The zero-order valence-corrected chi connectivity index (χ0v) is 12.7. The van der Waals surface area contributed by atoms with Gasteiger partial charge in [0.2, 0.25) is 0 Å². The first-order valence-corrected chi connectivity index (χ1v) is 7.65. The predicted octanol–water partition coefficient (Wildman–Crippen LogP) is 3.03. The fourth-order valence-electron chi connectivity index (χ4n) is 2.04. The van der Waals surface area contributed by atoms with E-state index in [0.29, 0.717) is 22.0 Å². The molecule has 20 heavy (non-hydrogen) atoms. The molecule has 4 nitrogen and oxygen atoms in total. The van der Waals surface area contributed by atoms with Crippen molar-refractivity contribution >= 4 is 44.6 Å². The van der Waals surface area contributed by atoms with Crippen molar-refractivity contribution in [1.29, 1.82) is 0 Å². The third kappa shape index (κ3) is 3.06. The van der Waals surface area contributed by atoms with Crippen molar-refractivity contribution < 1.29 is 9.90 Å². The standard InChI is InChI=1S/C14H17ClN2O2S/c1-2-9(5-6-18)17-14(19)13-12(16)10-7-8(15)3-4-11(10)20-13/h3-4,7,9,18H,2,5-6,16H2,1H3,(H,17,19). The summed E-state index contributed by atoms with van der Waals surface area (Å²) in [6, 6.07) is 5.37. The lowest BCUT2D eigenvalue weighted by Crippen LogP contribution is -2.34. The number of nitrogen functional groups attached to an aromatic ring is 1. The van der Waals surface area contributed by atoms with E-state index < -0.39 is 0 Å². The summed E-state index contributed by atoms with van der Waals surface area (Å²) in [6.45, 7) is 2.02. The number of anilines is 1. The van der Waals surface area contributed by atoms with Crippen LogP contribution in [0.1, 0.15) is 29.4 Å². The molecule has 4 N–H and O–H groups in total. The van der Waals surface area contributed by atoms with Crippen molar-refractivity contribution in [1.82, 2.24) is 5.32 Å².